The Balaban J connectivity index is 2.10. The van der Waals surface area contributed by atoms with E-state index in [1.165, 1.54) is 12.1 Å². The van der Waals surface area contributed by atoms with Crippen LogP contribution in [-0.2, 0) is 0 Å². The lowest BCUT2D eigenvalue weighted by Gasteiger charge is -2.08. The molecule has 0 spiro atoms. The first-order valence-corrected chi connectivity index (χ1v) is 8.19. The van der Waals surface area contributed by atoms with Gasteiger partial charge in [-0.1, -0.05) is 6.07 Å². The SMILES string of the molecule is Cc1ccc(-n2nc(C(=O)NCCO)nc2-c2ccc(F)cc2)cc1C. The zero-order valence-electron chi connectivity index (χ0n) is 14.5. The molecule has 26 heavy (non-hydrogen) atoms. The molecule has 1 heterocycles. The summed E-state index contributed by atoms with van der Waals surface area (Å²) < 4.78 is 14.8. The van der Waals surface area contributed by atoms with Crippen LogP contribution in [0.2, 0.25) is 0 Å². The van der Waals surface area contributed by atoms with Crippen molar-refractivity contribution in [3.05, 3.63) is 65.2 Å². The number of aliphatic hydroxyl groups is 1. The lowest BCUT2D eigenvalue weighted by molar-refractivity contribution is 0.0934. The lowest BCUT2D eigenvalue weighted by atomic mass is 10.1. The summed E-state index contributed by atoms with van der Waals surface area (Å²) in [5.74, 6) is -0.421. The molecule has 0 atom stereocenters. The quantitative estimate of drug-likeness (QED) is 0.737. The first-order valence-electron chi connectivity index (χ1n) is 8.19. The number of rotatable bonds is 5. The molecule has 0 fully saturated rings. The summed E-state index contributed by atoms with van der Waals surface area (Å²) in [6.07, 6.45) is 0. The Morgan fingerprint density at radius 3 is 2.54 bits per heavy atom. The number of nitrogens with one attached hydrogen (secondary N) is 1. The number of hydrogen-bond acceptors (Lipinski definition) is 4. The summed E-state index contributed by atoms with van der Waals surface area (Å²) in [5.41, 5.74) is 3.60. The predicted molar refractivity (Wildman–Crippen MR) is 95.6 cm³/mol. The second-order valence-electron chi connectivity index (χ2n) is 5.93. The monoisotopic (exact) mass is 354 g/mol. The highest BCUT2D eigenvalue weighted by molar-refractivity contribution is 5.91. The maximum absolute atomic E-state index is 13.3. The highest BCUT2D eigenvalue weighted by atomic mass is 19.1. The van der Waals surface area contributed by atoms with E-state index < -0.39 is 5.91 Å². The summed E-state index contributed by atoms with van der Waals surface area (Å²) in [5, 5.41) is 15.7. The molecule has 6 nitrogen and oxygen atoms in total. The van der Waals surface area contributed by atoms with Gasteiger partial charge in [-0.05, 0) is 61.4 Å². The number of amides is 1. The van der Waals surface area contributed by atoms with Crippen LogP contribution in [0.4, 0.5) is 4.39 Å². The van der Waals surface area contributed by atoms with E-state index >= 15 is 0 Å². The third-order valence-electron chi connectivity index (χ3n) is 4.05. The second-order valence-corrected chi connectivity index (χ2v) is 5.93. The van der Waals surface area contributed by atoms with Crippen LogP contribution in [0.25, 0.3) is 17.1 Å². The highest BCUT2D eigenvalue weighted by Gasteiger charge is 2.18. The number of aryl methyl sites for hydroxylation is 2. The van der Waals surface area contributed by atoms with Crippen molar-refractivity contribution in [1.29, 1.82) is 0 Å². The minimum Gasteiger partial charge on any atom is -0.395 e. The summed E-state index contributed by atoms with van der Waals surface area (Å²) in [7, 11) is 0. The van der Waals surface area contributed by atoms with Crippen molar-refractivity contribution >= 4 is 5.91 Å². The van der Waals surface area contributed by atoms with Gasteiger partial charge in [0, 0.05) is 12.1 Å². The highest BCUT2D eigenvalue weighted by Crippen LogP contribution is 2.23. The number of carbonyl (C=O) groups excluding carboxylic acids is 1. The summed E-state index contributed by atoms with van der Waals surface area (Å²) >= 11 is 0. The van der Waals surface area contributed by atoms with Crippen molar-refractivity contribution in [2.24, 2.45) is 0 Å². The Kier molecular flexibility index (Phi) is 5.09. The van der Waals surface area contributed by atoms with Crippen molar-refractivity contribution < 1.29 is 14.3 Å². The van der Waals surface area contributed by atoms with Crippen molar-refractivity contribution in [3.8, 4) is 17.1 Å². The van der Waals surface area contributed by atoms with Gasteiger partial charge < -0.3 is 10.4 Å². The molecular formula is C19H19FN4O2. The zero-order chi connectivity index (χ0) is 18.7. The second kappa shape index (κ2) is 7.45. The van der Waals surface area contributed by atoms with Gasteiger partial charge in [-0.15, -0.1) is 5.10 Å². The van der Waals surface area contributed by atoms with Gasteiger partial charge in [-0.3, -0.25) is 4.79 Å². The molecule has 0 bridgehead atoms. The van der Waals surface area contributed by atoms with Crippen LogP contribution in [0.5, 0.6) is 0 Å². The fraction of sp³-hybridized carbons (Fsp3) is 0.211. The van der Waals surface area contributed by atoms with E-state index in [1.807, 2.05) is 32.0 Å². The molecule has 0 saturated heterocycles. The van der Waals surface area contributed by atoms with Gasteiger partial charge in [0.05, 0.1) is 12.3 Å². The van der Waals surface area contributed by atoms with Crippen LogP contribution < -0.4 is 5.32 Å². The summed E-state index contributed by atoms with van der Waals surface area (Å²) in [4.78, 5) is 16.5. The smallest absolute Gasteiger partial charge is 0.291 e. The largest absolute Gasteiger partial charge is 0.395 e. The van der Waals surface area contributed by atoms with Crippen LogP contribution in [0.3, 0.4) is 0 Å². The normalized spacial score (nSPS) is 10.8. The maximum Gasteiger partial charge on any atom is 0.291 e. The van der Waals surface area contributed by atoms with E-state index in [1.54, 1.807) is 16.8 Å². The van der Waals surface area contributed by atoms with Crippen molar-refractivity contribution in [3.63, 3.8) is 0 Å². The molecule has 0 aliphatic heterocycles. The number of halogens is 1. The fourth-order valence-corrected chi connectivity index (χ4v) is 2.48. The lowest BCUT2D eigenvalue weighted by Crippen LogP contribution is -2.27. The number of carbonyl (C=O) groups is 1. The minimum atomic E-state index is -0.481. The Morgan fingerprint density at radius 2 is 1.88 bits per heavy atom. The maximum atomic E-state index is 13.3. The van der Waals surface area contributed by atoms with Crippen LogP contribution in [-0.4, -0.2) is 38.9 Å². The molecule has 3 rings (SSSR count). The van der Waals surface area contributed by atoms with E-state index in [0.29, 0.717) is 11.4 Å². The van der Waals surface area contributed by atoms with Crippen LogP contribution in [0.1, 0.15) is 21.7 Å². The molecule has 0 aliphatic carbocycles. The van der Waals surface area contributed by atoms with Gasteiger partial charge >= 0.3 is 0 Å². The van der Waals surface area contributed by atoms with Crippen molar-refractivity contribution in [2.75, 3.05) is 13.2 Å². The summed E-state index contributed by atoms with van der Waals surface area (Å²) in [6.45, 7) is 3.94. The van der Waals surface area contributed by atoms with E-state index in [4.69, 9.17) is 5.11 Å². The Labute approximate surface area is 150 Å². The Bertz CT molecular complexity index is 935. The third kappa shape index (κ3) is 3.62. The van der Waals surface area contributed by atoms with E-state index in [2.05, 4.69) is 15.4 Å². The molecule has 134 valence electrons. The Hall–Kier alpha value is -3.06. The third-order valence-corrected chi connectivity index (χ3v) is 4.05. The zero-order valence-corrected chi connectivity index (χ0v) is 14.5. The average Bonchev–Trinajstić information content (AvgIpc) is 3.08. The standard InChI is InChI=1S/C19H19FN4O2/c1-12-3-8-16(11-13(12)2)24-18(14-4-6-15(20)7-5-14)22-17(23-24)19(26)21-9-10-25/h3-8,11,25H,9-10H2,1-2H3,(H,21,26). The number of hydrogen-bond donors (Lipinski definition) is 2. The van der Waals surface area contributed by atoms with Crippen LogP contribution in [0.15, 0.2) is 42.5 Å². The molecule has 7 heteroatoms. The van der Waals surface area contributed by atoms with E-state index in [0.717, 1.165) is 16.8 Å². The molecule has 1 amide bonds. The number of aliphatic hydroxyl groups excluding tert-OH is 1. The van der Waals surface area contributed by atoms with E-state index in [9.17, 15) is 9.18 Å². The minimum absolute atomic E-state index is 0.0176. The van der Waals surface area contributed by atoms with E-state index in [-0.39, 0.29) is 24.8 Å². The molecular weight excluding hydrogens is 335 g/mol. The number of aromatic nitrogens is 3. The molecule has 0 unspecified atom stereocenters. The fourth-order valence-electron chi connectivity index (χ4n) is 2.48. The van der Waals surface area contributed by atoms with Crippen LogP contribution in [0, 0.1) is 19.7 Å². The average molecular weight is 354 g/mol. The van der Waals surface area contributed by atoms with Gasteiger partial charge in [0.25, 0.3) is 5.91 Å². The van der Waals surface area contributed by atoms with Crippen molar-refractivity contribution in [2.45, 2.75) is 13.8 Å². The molecule has 2 aromatic carbocycles. The molecule has 0 radical (unpaired) electrons. The first-order chi connectivity index (χ1) is 12.5. The molecule has 0 saturated carbocycles. The summed E-state index contributed by atoms with van der Waals surface area (Å²) in [6, 6.07) is 11.7. The molecule has 1 aromatic heterocycles. The predicted octanol–water partition coefficient (Wildman–Crippen LogP) is 2.41. The van der Waals surface area contributed by atoms with Gasteiger partial charge in [0.1, 0.15) is 5.82 Å². The van der Waals surface area contributed by atoms with Crippen LogP contribution >= 0.6 is 0 Å². The van der Waals surface area contributed by atoms with Crippen molar-refractivity contribution in [1.82, 2.24) is 20.1 Å². The van der Waals surface area contributed by atoms with Gasteiger partial charge in [-0.25, -0.2) is 14.1 Å². The topological polar surface area (TPSA) is 80.0 Å². The molecule has 2 N–H and O–H groups in total. The number of nitrogens with zero attached hydrogens (tertiary/aromatic N) is 3. The molecule has 0 aliphatic rings. The van der Waals surface area contributed by atoms with Gasteiger partial charge in [0.15, 0.2) is 5.82 Å². The van der Waals surface area contributed by atoms with Gasteiger partial charge in [-0.2, -0.15) is 0 Å². The number of benzene rings is 2. The molecule has 3 aromatic rings. The Morgan fingerprint density at radius 1 is 1.15 bits per heavy atom. The van der Waals surface area contributed by atoms with Gasteiger partial charge in [0.2, 0.25) is 5.82 Å². The first kappa shape index (κ1) is 17.8.